The van der Waals surface area contributed by atoms with E-state index in [4.69, 9.17) is 0 Å². The van der Waals surface area contributed by atoms with Gasteiger partial charge in [-0.1, -0.05) is 12.8 Å². The average molecular weight is 245 g/mol. The molecular weight excluding hydrogens is 218 g/mol. The second-order valence-corrected chi connectivity index (χ2v) is 5.78. The number of thiol groups is 1. The van der Waals surface area contributed by atoms with Crippen molar-refractivity contribution < 1.29 is 5.11 Å². The first kappa shape index (κ1) is 14.3. The lowest BCUT2D eigenvalue weighted by atomic mass is 9.98. The van der Waals surface area contributed by atoms with Crippen LogP contribution in [-0.2, 0) is 0 Å². The van der Waals surface area contributed by atoms with E-state index in [0.29, 0.717) is 0 Å². The van der Waals surface area contributed by atoms with E-state index in [2.05, 4.69) is 17.5 Å². The molecule has 1 heterocycles. The van der Waals surface area contributed by atoms with Crippen molar-refractivity contribution in [1.82, 2.24) is 4.90 Å². The Labute approximate surface area is 106 Å². The Hall–Kier alpha value is 0.270. The highest BCUT2D eigenvalue weighted by Gasteiger charge is 2.24. The van der Waals surface area contributed by atoms with E-state index in [1.807, 2.05) is 6.92 Å². The molecule has 0 aliphatic carbocycles. The molecule has 0 saturated carbocycles. The first-order valence-electron chi connectivity index (χ1n) is 6.70. The molecule has 1 fully saturated rings. The van der Waals surface area contributed by atoms with Crippen LogP contribution < -0.4 is 0 Å². The summed E-state index contributed by atoms with van der Waals surface area (Å²) >= 11 is 4.22. The molecule has 0 aromatic carbocycles. The lowest BCUT2D eigenvalue weighted by Crippen LogP contribution is -2.29. The maximum atomic E-state index is 9.98. The van der Waals surface area contributed by atoms with E-state index in [9.17, 15) is 5.11 Å². The molecule has 0 spiro atoms. The molecule has 2 nitrogen and oxygen atoms in total. The largest absolute Gasteiger partial charge is 0.390 e. The smallest absolute Gasteiger partial charge is 0.0632 e. The number of hydrogen-bond acceptors (Lipinski definition) is 3. The van der Waals surface area contributed by atoms with Gasteiger partial charge in [0, 0.05) is 6.54 Å². The molecule has 96 valence electrons. The zero-order chi connectivity index (χ0) is 11.9. The molecule has 16 heavy (non-hydrogen) atoms. The van der Waals surface area contributed by atoms with E-state index in [1.165, 1.54) is 38.8 Å². The molecule has 1 N–H and O–H groups in total. The predicted molar refractivity (Wildman–Crippen MR) is 73.2 cm³/mol. The van der Waals surface area contributed by atoms with Gasteiger partial charge in [-0.3, -0.25) is 0 Å². The highest BCUT2D eigenvalue weighted by Crippen LogP contribution is 2.21. The van der Waals surface area contributed by atoms with Crippen LogP contribution in [0.25, 0.3) is 0 Å². The molecule has 1 aliphatic rings. The van der Waals surface area contributed by atoms with Gasteiger partial charge in [-0.15, -0.1) is 0 Å². The summed E-state index contributed by atoms with van der Waals surface area (Å²) in [6.45, 7) is 5.42. The van der Waals surface area contributed by atoms with Gasteiger partial charge < -0.3 is 10.0 Å². The van der Waals surface area contributed by atoms with Gasteiger partial charge in [0.05, 0.1) is 5.60 Å². The van der Waals surface area contributed by atoms with Crippen LogP contribution >= 0.6 is 12.6 Å². The number of likely N-dealkylation sites (tertiary alicyclic amines) is 1. The number of nitrogens with zero attached hydrogens (tertiary/aromatic N) is 1. The standard InChI is InChI=1S/C13H27NOS/c1-13(15)7-6-10-14(11-8-13)9-4-2-3-5-12-16/h15-16H,2-12H2,1H3. The molecule has 0 bridgehead atoms. The molecule has 1 rings (SSSR count). The van der Waals surface area contributed by atoms with E-state index in [0.717, 1.165) is 31.6 Å². The minimum atomic E-state index is -0.416. The van der Waals surface area contributed by atoms with Crippen molar-refractivity contribution in [1.29, 1.82) is 0 Å². The van der Waals surface area contributed by atoms with Crippen molar-refractivity contribution in [3.63, 3.8) is 0 Å². The van der Waals surface area contributed by atoms with Crippen molar-refractivity contribution in [3.05, 3.63) is 0 Å². The number of hydrogen-bond donors (Lipinski definition) is 2. The molecule has 3 heteroatoms. The third-order valence-electron chi connectivity index (χ3n) is 3.54. The first-order chi connectivity index (χ1) is 7.64. The van der Waals surface area contributed by atoms with Gasteiger partial charge in [0.2, 0.25) is 0 Å². The van der Waals surface area contributed by atoms with E-state index < -0.39 is 5.60 Å². The Morgan fingerprint density at radius 3 is 2.62 bits per heavy atom. The molecule has 1 saturated heterocycles. The number of aliphatic hydroxyl groups is 1. The summed E-state index contributed by atoms with van der Waals surface area (Å²) in [6, 6.07) is 0. The van der Waals surface area contributed by atoms with Crippen LogP contribution in [0.1, 0.15) is 51.9 Å². The zero-order valence-corrected chi connectivity index (χ0v) is 11.5. The average Bonchev–Trinajstić information content (AvgIpc) is 2.40. The number of unbranched alkanes of at least 4 members (excludes halogenated alkanes) is 3. The van der Waals surface area contributed by atoms with E-state index in [1.54, 1.807) is 0 Å². The summed E-state index contributed by atoms with van der Waals surface area (Å²) in [5.74, 6) is 1.02. The molecular formula is C13H27NOS. The Bertz CT molecular complexity index is 185. The van der Waals surface area contributed by atoms with Crippen LogP contribution in [0.5, 0.6) is 0 Å². The summed E-state index contributed by atoms with van der Waals surface area (Å²) in [5.41, 5.74) is -0.416. The lowest BCUT2D eigenvalue weighted by molar-refractivity contribution is 0.0446. The second-order valence-electron chi connectivity index (χ2n) is 5.33. The van der Waals surface area contributed by atoms with Gasteiger partial charge in [0.15, 0.2) is 0 Å². The Balaban J connectivity index is 2.08. The van der Waals surface area contributed by atoms with Crippen LogP contribution in [0.3, 0.4) is 0 Å². The zero-order valence-electron chi connectivity index (χ0n) is 10.6. The summed E-state index contributed by atoms with van der Waals surface area (Å²) in [6.07, 6.45) is 8.23. The van der Waals surface area contributed by atoms with Crippen LogP contribution in [0.15, 0.2) is 0 Å². The fourth-order valence-corrected chi connectivity index (χ4v) is 2.57. The third-order valence-corrected chi connectivity index (χ3v) is 3.85. The Kier molecular flexibility index (Phi) is 6.78. The van der Waals surface area contributed by atoms with E-state index >= 15 is 0 Å². The van der Waals surface area contributed by atoms with Gasteiger partial charge in [-0.25, -0.2) is 0 Å². The van der Waals surface area contributed by atoms with Crippen molar-refractivity contribution in [2.24, 2.45) is 0 Å². The molecule has 0 amide bonds. The van der Waals surface area contributed by atoms with Crippen LogP contribution in [0, 0.1) is 0 Å². The Morgan fingerprint density at radius 1 is 1.12 bits per heavy atom. The highest BCUT2D eigenvalue weighted by atomic mass is 32.1. The highest BCUT2D eigenvalue weighted by molar-refractivity contribution is 7.80. The quantitative estimate of drug-likeness (QED) is 0.555. The maximum Gasteiger partial charge on any atom is 0.0632 e. The summed E-state index contributed by atoms with van der Waals surface area (Å²) in [5, 5.41) is 9.98. The fourth-order valence-electron chi connectivity index (χ4n) is 2.34. The van der Waals surface area contributed by atoms with Gasteiger partial charge in [-0.2, -0.15) is 12.6 Å². The van der Waals surface area contributed by atoms with Crippen molar-refractivity contribution in [2.45, 2.75) is 57.5 Å². The monoisotopic (exact) mass is 245 g/mol. The van der Waals surface area contributed by atoms with Crippen molar-refractivity contribution >= 4 is 12.6 Å². The SMILES string of the molecule is CC1(O)CCCN(CCCCCCS)CC1. The predicted octanol–water partition coefficient (Wildman–Crippen LogP) is 2.71. The molecule has 0 aromatic rings. The normalized spacial score (nSPS) is 27.9. The van der Waals surface area contributed by atoms with Crippen LogP contribution in [-0.4, -0.2) is 41.0 Å². The maximum absolute atomic E-state index is 9.98. The van der Waals surface area contributed by atoms with Gasteiger partial charge >= 0.3 is 0 Å². The van der Waals surface area contributed by atoms with Gasteiger partial charge in [-0.05, 0) is 57.9 Å². The van der Waals surface area contributed by atoms with Crippen LogP contribution in [0.2, 0.25) is 0 Å². The number of rotatable bonds is 6. The van der Waals surface area contributed by atoms with Crippen LogP contribution in [0.4, 0.5) is 0 Å². The topological polar surface area (TPSA) is 23.5 Å². The van der Waals surface area contributed by atoms with Gasteiger partial charge in [0.25, 0.3) is 0 Å². The minimum absolute atomic E-state index is 0.416. The van der Waals surface area contributed by atoms with Gasteiger partial charge in [0.1, 0.15) is 0 Å². The molecule has 1 unspecified atom stereocenters. The third kappa shape index (κ3) is 6.12. The lowest BCUT2D eigenvalue weighted by Gasteiger charge is -2.22. The fraction of sp³-hybridized carbons (Fsp3) is 1.00. The summed E-state index contributed by atoms with van der Waals surface area (Å²) in [7, 11) is 0. The molecule has 1 atom stereocenters. The molecule has 0 radical (unpaired) electrons. The summed E-state index contributed by atoms with van der Waals surface area (Å²) < 4.78 is 0. The van der Waals surface area contributed by atoms with E-state index in [-0.39, 0.29) is 0 Å². The second kappa shape index (κ2) is 7.57. The first-order valence-corrected chi connectivity index (χ1v) is 7.33. The Morgan fingerprint density at radius 2 is 1.88 bits per heavy atom. The minimum Gasteiger partial charge on any atom is -0.390 e. The van der Waals surface area contributed by atoms with Crippen molar-refractivity contribution in [2.75, 3.05) is 25.4 Å². The summed E-state index contributed by atoms with van der Waals surface area (Å²) in [4.78, 5) is 2.52. The molecule has 0 aromatic heterocycles. The van der Waals surface area contributed by atoms with Crippen molar-refractivity contribution in [3.8, 4) is 0 Å². The molecule has 1 aliphatic heterocycles.